The fourth-order valence-electron chi connectivity index (χ4n) is 5.22. The Morgan fingerprint density at radius 1 is 0.463 bits per heavy atom. The van der Waals surface area contributed by atoms with Crippen LogP contribution in [0.15, 0.2) is 0 Å². The first-order chi connectivity index (χ1) is 26.1. The van der Waals surface area contributed by atoms with E-state index in [1.807, 2.05) is 0 Å². The second-order valence-corrected chi connectivity index (χ2v) is 13.2. The number of carboxylic acids is 2. The average Bonchev–Trinajstić information content (AvgIpc) is 3.13. The van der Waals surface area contributed by atoms with Gasteiger partial charge in [-0.2, -0.15) is 0 Å². The van der Waals surface area contributed by atoms with Crippen LogP contribution < -0.4 is 21.3 Å². The Bertz CT molecular complexity index is 1000. The monoisotopic (exact) mass is 774 g/mol. The minimum absolute atomic E-state index is 0.00782. The first kappa shape index (κ1) is 50.7. The summed E-state index contributed by atoms with van der Waals surface area (Å²) in [7, 11) is 0. The number of carbonyl (C=O) groups is 6. The normalized spacial score (nSPS) is 11.5. The fraction of sp³-hybridized carbons (Fsp3) is 0.842. The molecule has 0 fully saturated rings. The number of aliphatic carboxylic acids is 2. The molecule has 1 atom stereocenters. The second-order valence-electron chi connectivity index (χ2n) is 13.2. The largest absolute Gasteiger partial charge is 0.481 e. The fourth-order valence-corrected chi connectivity index (χ4v) is 5.22. The molecular formula is C38H70N4O12. The zero-order valence-electron chi connectivity index (χ0n) is 32.8. The Balaban J connectivity index is 3.66. The highest BCUT2D eigenvalue weighted by Crippen LogP contribution is 2.13. The van der Waals surface area contributed by atoms with Crippen molar-refractivity contribution in [2.75, 3.05) is 72.5 Å². The molecular weight excluding hydrogens is 704 g/mol. The van der Waals surface area contributed by atoms with Gasteiger partial charge in [-0.1, -0.05) is 84.0 Å². The quantitative estimate of drug-likeness (QED) is 0.0492. The minimum Gasteiger partial charge on any atom is -0.481 e. The van der Waals surface area contributed by atoms with Crippen molar-refractivity contribution in [3.63, 3.8) is 0 Å². The molecule has 0 aromatic rings. The lowest BCUT2D eigenvalue weighted by atomic mass is 10.0. The molecule has 314 valence electrons. The summed E-state index contributed by atoms with van der Waals surface area (Å²) in [4.78, 5) is 69.9. The van der Waals surface area contributed by atoms with Crippen molar-refractivity contribution in [3.05, 3.63) is 0 Å². The van der Waals surface area contributed by atoms with Crippen molar-refractivity contribution in [2.24, 2.45) is 0 Å². The third-order valence-electron chi connectivity index (χ3n) is 8.29. The highest BCUT2D eigenvalue weighted by atomic mass is 16.5. The maximum absolute atomic E-state index is 12.3. The van der Waals surface area contributed by atoms with Crippen molar-refractivity contribution in [3.8, 4) is 0 Å². The molecule has 0 aliphatic heterocycles. The van der Waals surface area contributed by atoms with Gasteiger partial charge in [0, 0.05) is 38.9 Å². The molecule has 0 aromatic heterocycles. The maximum atomic E-state index is 12.3. The van der Waals surface area contributed by atoms with Crippen LogP contribution in [0.25, 0.3) is 0 Å². The first-order valence-corrected chi connectivity index (χ1v) is 20.0. The summed E-state index contributed by atoms with van der Waals surface area (Å²) in [6, 6.07) is -1.14. The predicted octanol–water partition coefficient (Wildman–Crippen LogP) is 3.49. The van der Waals surface area contributed by atoms with E-state index in [0.29, 0.717) is 32.7 Å². The SMILES string of the molecule is CCCCCNC(=O)COCCOCCNC(=O)COCCOCCNC(=O)CC[C@H](NC(=O)CCCCCCCCCCCCCCC(=O)O)C(=O)O. The van der Waals surface area contributed by atoms with E-state index in [9.17, 15) is 33.9 Å². The van der Waals surface area contributed by atoms with Crippen LogP contribution in [0.1, 0.15) is 129 Å². The molecule has 6 N–H and O–H groups in total. The zero-order chi connectivity index (χ0) is 39.9. The number of rotatable bonds is 40. The van der Waals surface area contributed by atoms with Gasteiger partial charge >= 0.3 is 11.9 Å². The van der Waals surface area contributed by atoms with E-state index in [0.717, 1.165) is 70.6 Å². The average molecular weight is 775 g/mol. The maximum Gasteiger partial charge on any atom is 0.326 e. The number of hydrogen-bond acceptors (Lipinski definition) is 10. The molecule has 16 heteroatoms. The molecule has 16 nitrogen and oxygen atoms in total. The van der Waals surface area contributed by atoms with E-state index in [-0.39, 0.29) is 95.5 Å². The zero-order valence-corrected chi connectivity index (χ0v) is 32.8. The summed E-state index contributed by atoms with van der Waals surface area (Å²) in [5.41, 5.74) is 0. The smallest absolute Gasteiger partial charge is 0.326 e. The van der Waals surface area contributed by atoms with Crippen LogP contribution in [-0.4, -0.2) is 124 Å². The van der Waals surface area contributed by atoms with E-state index in [1.165, 1.54) is 19.3 Å². The van der Waals surface area contributed by atoms with Gasteiger partial charge in [0.25, 0.3) is 0 Å². The number of carbonyl (C=O) groups excluding carboxylic acids is 4. The van der Waals surface area contributed by atoms with E-state index in [4.69, 9.17) is 24.1 Å². The molecule has 0 rings (SSSR count). The molecule has 0 radical (unpaired) electrons. The number of carboxylic acid groups (broad SMARTS) is 2. The van der Waals surface area contributed by atoms with Gasteiger partial charge in [-0.3, -0.25) is 24.0 Å². The molecule has 0 saturated carbocycles. The van der Waals surface area contributed by atoms with Crippen LogP contribution in [0.2, 0.25) is 0 Å². The van der Waals surface area contributed by atoms with Crippen molar-refractivity contribution in [2.45, 2.75) is 135 Å². The van der Waals surface area contributed by atoms with Crippen LogP contribution >= 0.6 is 0 Å². The molecule has 54 heavy (non-hydrogen) atoms. The number of hydrogen-bond donors (Lipinski definition) is 6. The third-order valence-corrected chi connectivity index (χ3v) is 8.29. The molecule has 0 aliphatic carbocycles. The number of nitrogens with one attached hydrogen (secondary N) is 4. The number of amides is 4. The van der Waals surface area contributed by atoms with Crippen LogP contribution in [0.5, 0.6) is 0 Å². The summed E-state index contributed by atoms with van der Waals surface area (Å²) in [5, 5.41) is 28.7. The van der Waals surface area contributed by atoms with Crippen LogP contribution in [0.3, 0.4) is 0 Å². The Kier molecular flexibility index (Phi) is 35.6. The van der Waals surface area contributed by atoms with Gasteiger partial charge in [0.1, 0.15) is 19.3 Å². The lowest BCUT2D eigenvalue weighted by Gasteiger charge is -2.14. The van der Waals surface area contributed by atoms with Gasteiger partial charge in [0.15, 0.2) is 0 Å². The molecule has 0 heterocycles. The van der Waals surface area contributed by atoms with Gasteiger partial charge in [-0.05, 0) is 25.7 Å². The van der Waals surface area contributed by atoms with Gasteiger partial charge in [0.05, 0.1) is 39.6 Å². The van der Waals surface area contributed by atoms with Gasteiger partial charge in [-0.15, -0.1) is 0 Å². The third kappa shape index (κ3) is 37.0. The lowest BCUT2D eigenvalue weighted by molar-refractivity contribution is -0.142. The van der Waals surface area contributed by atoms with Crippen molar-refractivity contribution in [1.29, 1.82) is 0 Å². The van der Waals surface area contributed by atoms with Crippen molar-refractivity contribution in [1.82, 2.24) is 21.3 Å². The van der Waals surface area contributed by atoms with Crippen LogP contribution in [-0.2, 0) is 47.7 Å². The van der Waals surface area contributed by atoms with Crippen LogP contribution in [0.4, 0.5) is 0 Å². The van der Waals surface area contributed by atoms with Gasteiger partial charge < -0.3 is 50.4 Å². The molecule has 0 spiro atoms. The summed E-state index contributed by atoms with van der Waals surface area (Å²) in [5.74, 6) is -3.03. The molecule has 0 saturated heterocycles. The Hall–Kier alpha value is -3.34. The topological polar surface area (TPSA) is 228 Å². The highest BCUT2D eigenvalue weighted by Gasteiger charge is 2.20. The molecule has 0 unspecified atom stereocenters. The lowest BCUT2D eigenvalue weighted by Crippen LogP contribution is -2.41. The number of unbranched alkanes of at least 4 members (excludes halogenated alkanes) is 13. The molecule has 4 amide bonds. The number of ether oxygens (including phenoxy) is 4. The summed E-state index contributed by atoms with van der Waals surface area (Å²) in [6.45, 7) is 4.62. The van der Waals surface area contributed by atoms with Crippen LogP contribution in [0, 0.1) is 0 Å². The molecule has 0 aliphatic rings. The molecule has 0 aromatic carbocycles. The highest BCUT2D eigenvalue weighted by molar-refractivity contribution is 5.84. The predicted molar refractivity (Wildman–Crippen MR) is 203 cm³/mol. The Morgan fingerprint density at radius 2 is 0.907 bits per heavy atom. The second kappa shape index (κ2) is 38.0. The Morgan fingerprint density at radius 3 is 1.39 bits per heavy atom. The summed E-state index contributed by atoms with van der Waals surface area (Å²) < 4.78 is 21.3. The van der Waals surface area contributed by atoms with E-state index in [1.54, 1.807) is 0 Å². The van der Waals surface area contributed by atoms with E-state index >= 15 is 0 Å². The standard InChI is InChI=1S/C38H70N4O12/c1-2-3-16-21-39-35(45)30-53-28-27-52-25-23-41-36(46)31-54-29-26-51-24-22-40-33(43)20-19-32(38(49)50)42-34(44)17-14-12-10-8-6-4-5-7-9-11-13-15-18-37(47)48/h32H,2-31H2,1H3,(H,39,45)(H,40,43)(H,41,46)(H,42,44)(H,47,48)(H,49,50)/t32-/m0/s1. The van der Waals surface area contributed by atoms with Crippen molar-refractivity contribution < 1.29 is 57.9 Å². The van der Waals surface area contributed by atoms with Gasteiger partial charge in [0.2, 0.25) is 23.6 Å². The Labute approximate surface area is 321 Å². The van der Waals surface area contributed by atoms with Crippen molar-refractivity contribution >= 4 is 35.6 Å². The van der Waals surface area contributed by atoms with E-state index < -0.39 is 18.0 Å². The first-order valence-electron chi connectivity index (χ1n) is 20.0. The molecule has 0 bridgehead atoms. The summed E-state index contributed by atoms with van der Waals surface area (Å²) in [6.07, 6.45) is 15.9. The van der Waals surface area contributed by atoms with Gasteiger partial charge in [-0.25, -0.2) is 4.79 Å². The van der Waals surface area contributed by atoms with E-state index in [2.05, 4.69) is 28.2 Å². The minimum atomic E-state index is -1.18. The summed E-state index contributed by atoms with van der Waals surface area (Å²) >= 11 is 0.